The van der Waals surface area contributed by atoms with Crippen LogP contribution in [0.15, 0.2) is 66.2 Å². The summed E-state index contributed by atoms with van der Waals surface area (Å²) in [7, 11) is 0. The molecule has 0 aliphatic heterocycles. The monoisotopic (exact) mass is 329 g/mol. The number of rotatable bonds is 5. The van der Waals surface area contributed by atoms with E-state index in [0.717, 1.165) is 27.7 Å². The number of hydrogen-bond donors (Lipinski definition) is 3. The van der Waals surface area contributed by atoms with Crippen molar-refractivity contribution in [1.82, 2.24) is 20.2 Å². The lowest BCUT2D eigenvalue weighted by atomic mass is 10.1. The Morgan fingerprint density at radius 1 is 1.16 bits per heavy atom. The van der Waals surface area contributed by atoms with E-state index < -0.39 is 0 Å². The van der Waals surface area contributed by atoms with Crippen LogP contribution >= 0.6 is 0 Å². The second-order valence-corrected chi connectivity index (χ2v) is 5.55. The SMILES string of the molecule is N=Nc1ccc(-c2cn[nH]c2)nc1NCc1ccc2ncccc2c1. The molecule has 0 unspecified atom stereocenters. The van der Waals surface area contributed by atoms with Crippen molar-refractivity contribution in [3.63, 3.8) is 0 Å². The van der Waals surface area contributed by atoms with Crippen molar-refractivity contribution in [2.24, 2.45) is 5.11 Å². The van der Waals surface area contributed by atoms with E-state index in [9.17, 15) is 0 Å². The topological polar surface area (TPSA) is 103 Å². The van der Waals surface area contributed by atoms with Gasteiger partial charge >= 0.3 is 0 Å². The lowest BCUT2D eigenvalue weighted by Crippen LogP contribution is -2.02. The van der Waals surface area contributed by atoms with Crippen LogP contribution < -0.4 is 5.32 Å². The Morgan fingerprint density at radius 3 is 2.96 bits per heavy atom. The number of aromatic nitrogens is 4. The number of aromatic amines is 1. The van der Waals surface area contributed by atoms with Gasteiger partial charge in [-0.1, -0.05) is 12.1 Å². The molecule has 122 valence electrons. The van der Waals surface area contributed by atoms with Crippen LogP contribution in [0.2, 0.25) is 0 Å². The van der Waals surface area contributed by atoms with Crippen LogP contribution in [-0.2, 0) is 6.54 Å². The zero-order valence-electron chi connectivity index (χ0n) is 13.3. The number of pyridine rings is 2. The van der Waals surface area contributed by atoms with Crippen molar-refractivity contribution in [3.8, 4) is 11.3 Å². The third-order valence-corrected chi connectivity index (χ3v) is 3.92. The predicted octanol–water partition coefficient (Wildman–Crippen LogP) is 4.29. The Hall–Kier alpha value is -3.61. The number of fused-ring (bicyclic) bond motifs is 1. The lowest BCUT2D eigenvalue weighted by Gasteiger charge is -2.10. The van der Waals surface area contributed by atoms with Crippen LogP contribution in [0.25, 0.3) is 22.2 Å². The quantitative estimate of drug-likeness (QED) is 0.475. The highest BCUT2D eigenvalue weighted by Gasteiger charge is 2.08. The summed E-state index contributed by atoms with van der Waals surface area (Å²) in [6.45, 7) is 0.579. The molecule has 7 nitrogen and oxygen atoms in total. The van der Waals surface area contributed by atoms with E-state index in [1.807, 2.05) is 30.3 Å². The van der Waals surface area contributed by atoms with E-state index in [0.29, 0.717) is 18.1 Å². The molecule has 7 heteroatoms. The van der Waals surface area contributed by atoms with Crippen molar-refractivity contribution >= 4 is 22.4 Å². The minimum absolute atomic E-state index is 0.495. The third kappa shape index (κ3) is 3.07. The first-order valence-electron chi connectivity index (χ1n) is 7.79. The molecule has 3 aromatic heterocycles. The number of nitrogens with one attached hydrogen (secondary N) is 3. The standard InChI is InChI=1S/C18H15N7/c19-25-17-6-5-16(14-10-22-23-11-14)24-18(17)21-9-12-3-4-15-13(8-12)2-1-7-20-15/h1-8,10-11,19H,9H2,(H,21,24)(H,22,23). The molecular formula is C18H15N7. The predicted molar refractivity (Wildman–Crippen MR) is 95.7 cm³/mol. The van der Waals surface area contributed by atoms with Crippen LogP contribution in [0.4, 0.5) is 11.5 Å². The normalized spacial score (nSPS) is 10.7. The van der Waals surface area contributed by atoms with Gasteiger partial charge < -0.3 is 5.32 Å². The lowest BCUT2D eigenvalue weighted by molar-refractivity contribution is 1.08. The first kappa shape index (κ1) is 14.9. The van der Waals surface area contributed by atoms with Crippen LogP contribution in [0.5, 0.6) is 0 Å². The van der Waals surface area contributed by atoms with Crippen LogP contribution in [0.1, 0.15) is 5.56 Å². The van der Waals surface area contributed by atoms with Crippen molar-refractivity contribution in [3.05, 3.63) is 66.6 Å². The van der Waals surface area contributed by atoms with Gasteiger partial charge in [0, 0.05) is 29.9 Å². The molecule has 3 N–H and O–H groups in total. The van der Waals surface area contributed by atoms with Gasteiger partial charge in [0.1, 0.15) is 5.69 Å². The smallest absolute Gasteiger partial charge is 0.154 e. The molecule has 0 radical (unpaired) electrons. The van der Waals surface area contributed by atoms with E-state index in [1.54, 1.807) is 24.7 Å². The van der Waals surface area contributed by atoms with Gasteiger partial charge in [-0.15, -0.1) is 0 Å². The number of nitrogens with zero attached hydrogens (tertiary/aromatic N) is 4. The summed E-state index contributed by atoms with van der Waals surface area (Å²) in [6.07, 6.45) is 5.27. The number of benzene rings is 1. The average Bonchev–Trinajstić information content (AvgIpc) is 3.21. The van der Waals surface area contributed by atoms with Crippen molar-refractivity contribution < 1.29 is 0 Å². The van der Waals surface area contributed by atoms with E-state index in [1.165, 1.54) is 0 Å². The van der Waals surface area contributed by atoms with E-state index in [-0.39, 0.29) is 0 Å². The van der Waals surface area contributed by atoms with Crippen LogP contribution in [-0.4, -0.2) is 20.2 Å². The summed E-state index contributed by atoms with van der Waals surface area (Å²) in [5, 5.41) is 14.6. The fourth-order valence-corrected chi connectivity index (χ4v) is 2.64. The number of hydrogen-bond acceptors (Lipinski definition) is 6. The number of anilines is 1. The van der Waals surface area contributed by atoms with Crippen molar-refractivity contribution in [1.29, 1.82) is 5.53 Å². The van der Waals surface area contributed by atoms with Gasteiger partial charge in [0.2, 0.25) is 0 Å². The maximum absolute atomic E-state index is 7.34. The Balaban J connectivity index is 1.60. The molecule has 0 amide bonds. The van der Waals surface area contributed by atoms with Gasteiger partial charge in [0.15, 0.2) is 5.82 Å². The molecular weight excluding hydrogens is 314 g/mol. The molecule has 0 saturated heterocycles. The van der Waals surface area contributed by atoms with E-state index in [4.69, 9.17) is 5.53 Å². The zero-order valence-corrected chi connectivity index (χ0v) is 13.3. The Bertz CT molecular complexity index is 1020. The molecule has 3 heterocycles. The van der Waals surface area contributed by atoms with Gasteiger partial charge in [-0.3, -0.25) is 10.1 Å². The second-order valence-electron chi connectivity index (χ2n) is 5.55. The summed E-state index contributed by atoms with van der Waals surface area (Å²) in [5.41, 5.74) is 11.6. The van der Waals surface area contributed by atoms with Crippen LogP contribution in [0.3, 0.4) is 0 Å². The molecule has 0 bridgehead atoms. The Morgan fingerprint density at radius 2 is 2.12 bits per heavy atom. The highest BCUT2D eigenvalue weighted by Crippen LogP contribution is 2.27. The molecule has 4 aromatic rings. The Kier molecular flexibility index (Phi) is 3.88. The highest BCUT2D eigenvalue weighted by molar-refractivity contribution is 5.79. The van der Waals surface area contributed by atoms with Gasteiger partial charge in [-0.2, -0.15) is 10.2 Å². The maximum atomic E-state index is 7.34. The van der Waals surface area contributed by atoms with Crippen molar-refractivity contribution in [2.75, 3.05) is 5.32 Å². The van der Waals surface area contributed by atoms with Crippen LogP contribution in [0, 0.1) is 5.53 Å². The first-order valence-corrected chi connectivity index (χ1v) is 7.79. The van der Waals surface area contributed by atoms with Crippen molar-refractivity contribution in [2.45, 2.75) is 6.54 Å². The zero-order chi connectivity index (χ0) is 17.1. The molecule has 0 atom stereocenters. The third-order valence-electron chi connectivity index (χ3n) is 3.92. The minimum atomic E-state index is 0.495. The number of H-pyrrole nitrogens is 1. The average molecular weight is 329 g/mol. The first-order chi connectivity index (χ1) is 12.3. The molecule has 0 aliphatic carbocycles. The summed E-state index contributed by atoms with van der Waals surface area (Å²) in [4.78, 5) is 8.89. The molecule has 0 saturated carbocycles. The molecule has 0 fully saturated rings. The fourth-order valence-electron chi connectivity index (χ4n) is 2.64. The molecule has 0 spiro atoms. The highest BCUT2D eigenvalue weighted by atomic mass is 15.1. The molecule has 1 aromatic carbocycles. The van der Waals surface area contributed by atoms with Gasteiger partial charge in [-0.05, 0) is 35.9 Å². The summed E-state index contributed by atoms with van der Waals surface area (Å²) < 4.78 is 0. The summed E-state index contributed by atoms with van der Waals surface area (Å²) in [6, 6.07) is 13.7. The van der Waals surface area contributed by atoms with Gasteiger partial charge in [-0.25, -0.2) is 10.5 Å². The minimum Gasteiger partial charge on any atom is -0.364 e. The largest absolute Gasteiger partial charge is 0.364 e. The second kappa shape index (κ2) is 6.48. The molecule has 4 rings (SSSR count). The van der Waals surface area contributed by atoms with Gasteiger partial charge in [0.25, 0.3) is 0 Å². The van der Waals surface area contributed by atoms with Gasteiger partial charge in [0.05, 0.1) is 17.4 Å². The van der Waals surface area contributed by atoms with E-state index in [2.05, 4.69) is 36.7 Å². The summed E-state index contributed by atoms with van der Waals surface area (Å²) >= 11 is 0. The molecule has 0 aliphatic rings. The maximum Gasteiger partial charge on any atom is 0.154 e. The summed E-state index contributed by atoms with van der Waals surface area (Å²) in [5.74, 6) is 0.569. The molecule has 25 heavy (non-hydrogen) atoms. The van der Waals surface area contributed by atoms with E-state index >= 15 is 0 Å². The fraction of sp³-hybridized carbons (Fsp3) is 0.0556. The Labute approximate surface area is 143 Å².